The molecule has 3 N–H and O–H groups in total. The molecular formula is C19H30NNaO4. The number of amides is 1. The van der Waals surface area contributed by atoms with E-state index in [2.05, 4.69) is 12.2 Å². The molecule has 0 bridgehead atoms. The molecule has 136 valence electrons. The van der Waals surface area contributed by atoms with E-state index in [4.69, 9.17) is 0 Å². The van der Waals surface area contributed by atoms with E-state index in [0.29, 0.717) is 6.42 Å². The zero-order valence-electron chi connectivity index (χ0n) is 16.5. The van der Waals surface area contributed by atoms with Crippen molar-refractivity contribution < 1.29 is 50.8 Å². The molecule has 0 heterocycles. The van der Waals surface area contributed by atoms with Crippen molar-refractivity contribution in [3.05, 3.63) is 29.8 Å². The maximum atomic E-state index is 11.9. The second-order valence-corrected chi connectivity index (χ2v) is 6.20. The summed E-state index contributed by atoms with van der Waals surface area (Å²) in [6, 6.07) is 5.40. The Labute approximate surface area is 174 Å². The van der Waals surface area contributed by atoms with Gasteiger partial charge in [0.05, 0.1) is 0 Å². The average molecular weight is 359 g/mol. The third-order valence-corrected chi connectivity index (χ3v) is 4.02. The van der Waals surface area contributed by atoms with Gasteiger partial charge in [-0.15, -0.1) is 0 Å². The van der Waals surface area contributed by atoms with Crippen LogP contribution in [-0.4, -0.2) is 28.1 Å². The zero-order chi connectivity index (χ0) is 17.8. The van der Waals surface area contributed by atoms with Gasteiger partial charge in [-0.05, 0) is 24.1 Å². The summed E-state index contributed by atoms with van der Waals surface area (Å²) in [5.41, 5.74) is 0.761. The second kappa shape index (κ2) is 14.2. The number of rotatable bonds is 12. The largest absolute Gasteiger partial charge is 1.00 e. The first-order chi connectivity index (χ1) is 11.5. The Kier molecular flexibility index (Phi) is 13.6. The van der Waals surface area contributed by atoms with E-state index in [0.717, 1.165) is 24.8 Å². The van der Waals surface area contributed by atoms with Gasteiger partial charge in [0.15, 0.2) is 0 Å². The summed E-state index contributed by atoms with van der Waals surface area (Å²) in [6.07, 6.45) is 8.44. The third kappa shape index (κ3) is 11.2. The minimum atomic E-state index is -1.05. The van der Waals surface area contributed by atoms with Crippen molar-refractivity contribution in [3.63, 3.8) is 0 Å². The average Bonchev–Trinajstić information content (AvgIpc) is 2.55. The van der Waals surface area contributed by atoms with Gasteiger partial charge in [-0.25, -0.2) is 4.79 Å². The summed E-state index contributed by atoms with van der Waals surface area (Å²) < 4.78 is 0. The molecule has 1 rings (SSSR count). The number of aromatic hydroxyl groups is 1. The summed E-state index contributed by atoms with van der Waals surface area (Å²) in [7, 11) is 0. The Morgan fingerprint density at radius 1 is 1.04 bits per heavy atom. The van der Waals surface area contributed by atoms with E-state index in [1.165, 1.54) is 37.8 Å². The van der Waals surface area contributed by atoms with E-state index < -0.39 is 12.0 Å². The predicted octanol–water partition coefficient (Wildman–Crippen LogP) is 0.761. The van der Waals surface area contributed by atoms with E-state index in [-0.39, 0.29) is 49.1 Å². The van der Waals surface area contributed by atoms with Gasteiger partial charge in [-0.2, -0.15) is 0 Å². The Morgan fingerprint density at radius 3 is 2.16 bits per heavy atom. The van der Waals surface area contributed by atoms with Gasteiger partial charge in [-0.3, -0.25) is 4.79 Å². The molecule has 0 spiro atoms. The molecule has 0 saturated heterocycles. The van der Waals surface area contributed by atoms with Gasteiger partial charge >= 0.3 is 35.5 Å². The fraction of sp³-hybridized carbons (Fsp3) is 0.579. The van der Waals surface area contributed by atoms with Crippen molar-refractivity contribution in [2.75, 3.05) is 0 Å². The maximum absolute atomic E-state index is 11.9. The van der Waals surface area contributed by atoms with Crippen molar-refractivity contribution in [3.8, 4) is 5.75 Å². The maximum Gasteiger partial charge on any atom is 1.00 e. The standard InChI is InChI=1S/C19H29NO4.Na.H/c1-2-3-4-5-6-7-8-9-18(22)20-17(19(23)24)14-15-10-12-16(21)13-11-15;;/h10-13,17,21H,2-9,14H2,1H3,(H,20,22)(H,23,24);;/q;+1;-1/t17-;;/m0../s1. The molecular weight excluding hydrogens is 329 g/mol. The summed E-state index contributed by atoms with van der Waals surface area (Å²) in [5.74, 6) is -1.13. The van der Waals surface area contributed by atoms with E-state index in [1.807, 2.05) is 0 Å². The fourth-order valence-electron chi connectivity index (χ4n) is 2.58. The molecule has 0 unspecified atom stereocenters. The predicted molar refractivity (Wildman–Crippen MR) is 95.1 cm³/mol. The van der Waals surface area contributed by atoms with Crippen molar-refractivity contribution in [2.45, 2.75) is 70.8 Å². The number of benzene rings is 1. The van der Waals surface area contributed by atoms with E-state index in [1.54, 1.807) is 12.1 Å². The molecule has 1 atom stereocenters. The van der Waals surface area contributed by atoms with Crippen LogP contribution in [0.15, 0.2) is 24.3 Å². The van der Waals surface area contributed by atoms with E-state index in [9.17, 15) is 19.8 Å². The SMILES string of the molecule is CCCCCCCCCC(=O)N[C@@H](Cc1ccc(O)cc1)C(=O)O.[H-].[Na+]. The number of carboxylic acid groups (broad SMARTS) is 1. The van der Waals surface area contributed by atoms with Crippen LogP contribution in [0, 0.1) is 0 Å². The van der Waals surface area contributed by atoms with Crippen LogP contribution in [0.1, 0.15) is 65.3 Å². The summed E-state index contributed by atoms with van der Waals surface area (Å²) in [6.45, 7) is 2.18. The molecule has 1 amide bonds. The van der Waals surface area contributed by atoms with Crippen LogP contribution in [0.5, 0.6) is 5.75 Å². The van der Waals surface area contributed by atoms with Crippen LogP contribution in [0.3, 0.4) is 0 Å². The van der Waals surface area contributed by atoms with Gasteiger partial charge in [0, 0.05) is 12.8 Å². The second-order valence-electron chi connectivity index (χ2n) is 6.20. The van der Waals surface area contributed by atoms with Crippen molar-refractivity contribution in [2.24, 2.45) is 0 Å². The Bertz CT molecular complexity index is 511. The van der Waals surface area contributed by atoms with Crippen LogP contribution < -0.4 is 34.9 Å². The van der Waals surface area contributed by atoms with Crippen LogP contribution in [0.25, 0.3) is 0 Å². The Hall–Kier alpha value is -1.04. The van der Waals surface area contributed by atoms with Crippen molar-refractivity contribution >= 4 is 11.9 Å². The Balaban J connectivity index is 0. The quantitative estimate of drug-likeness (QED) is 0.380. The number of aliphatic carboxylic acids is 1. The monoisotopic (exact) mass is 359 g/mol. The van der Waals surface area contributed by atoms with Crippen LogP contribution in [0.2, 0.25) is 0 Å². The van der Waals surface area contributed by atoms with Gasteiger partial charge in [-0.1, -0.05) is 57.6 Å². The minimum absolute atomic E-state index is 0. The first kappa shape index (κ1) is 24.0. The van der Waals surface area contributed by atoms with Gasteiger partial charge in [0.2, 0.25) is 5.91 Å². The Morgan fingerprint density at radius 2 is 1.60 bits per heavy atom. The number of carbonyl (C=O) groups excluding carboxylic acids is 1. The summed E-state index contributed by atoms with van der Waals surface area (Å²) >= 11 is 0. The summed E-state index contributed by atoms with van der Waals surface area (Å²) in [5, 5.41) is 21.1. The molecule has 0 aliphatic rings. The van der Waals surface area contributed by atoms with Crippen LogP contribution in [-0.2, 0) is 16.0 Å². The molecule has 6 heteroatoms. The summed E-state index contributed by atoms with van der Waals surface area (Å²) in [4.78, 5) is 23.2. The van der Waals surface area contributed by atoms with Crippen molar-refractivity contribution in [1.82, 2.24) is 5.32 Å². The molecule has 1 aromatic carbocycles. The van der Waals surface area contributed by atoms with Crippen LogP contribution >= 0.6 is 0 Å². The number of hydrogen-bond acceptors (Lipinski definition) is 3. The molecule has 0 fully saturated rings. The number of carbonyl (C=O) groups is 2. The molecule has 5 nitrogen and oxygen atoms in total. The minimum Gasteiger partial charge on any atom is -1.00 e. The van der Waals surface area contributed by atoms with E-state index >= 15 is 0 Å². The third-order valence-electron chi connectivity index (χ3n) is 4.02. The van der Waals surface area contributed by atoms with Gasteiger partial charge in [0.1, 0.15) is 11.8 Å². The van der Waals surface area contributed by atoms with Crippen molar-refractivity contribution in [1.29, 1.82) is 0 Å². The molecule has 1 aromatic rings. The first-order valence-corrected chi connectivity index (χ1v) is 8.83. The fourth-order valence-corrected chi connectivity index (χ4v) is 2.58. The number of phenolic OH excluding ortho intramolecular Hbond substituents is 1. The van der Waals surface area contributed by atoms with Gasteiger partial charge < -0.3 is 17.0 Å². The number of carboxylic acids is 1. The smallest absolute Gasteiger partial charge is 1.00 e. The topological polar surface area (TPSA) is 86.6 Å². The molecule has 0 aliphatic heterocycles. The van der Waals surface area contributed by atoms with Gasteiger partial charge in [0.25, 0.3) is 0 Å². The molecule has 0 aliphatic carbocycles. The molecule has 25 heavy (non-hydrogen) atoms. The number of nitrogens with one attached hydrogen (secondary N) is 1. The molecule has 0 radical (unpaired) electrons. The molecule has 0 aromatic heterocycles. The number of unbranched alkanes of at least 4 members (excludes halogenated alkanes) is 6. The van der Waals surface area contributed by atoms with Crippen LogP contribution in [0.4, 0.5) is 0 Å². The number of phenols is 1. The normalized spacial score (nSPS) is 11.4. The zero-order valence-corrected chi connectivity index (χ0v) is 17.5. The number of hydrogen-bond donors (Lipinski definition) is 3. The molecule has 0 saturated carbocycles. The first-order valence-electron chi connectivity index (χ1n) is 8.83.